The average Bonchev–Trinajstić information content (AvgIpc) is 3.48. The van der Waals surface area contributed by atoms with Crippen LogP contribution in [0.3, 0.4) is 0 Å². The Balaban J connectivity index is 1.46. The Morgan fingerprint density at radius 3 is 1.33 bits per heavy atom. The lowest BCUT2D eigenvalue weighted by Crippen LogP contribution is -2.23. The van der Waals surface area contributed by atoms with Gasteiger partial charge < -0.3 is 47.6 Å². The lowest BCUT2D eigenvalue weighted by atomic mass is 9.99. The van der Waals surface area contributed by atoms with Crippen LogP contribution in [0.1, 0.15) is 32.6 Å². The van der Waals surface area contributed by atoms with Gasteiger partial charge in [0.2, 0.25) is 0 Å². The van der Waals surface area contributed by atoms with Gasteiger partial charge >= 0.3 is 0 Å². The zero-order valence-corrected chi connectivity index (χ0v) is 30.1. The van der Waals surface area contributed by atoms with E-state index in [9.17, 15) is 0 Å². The number of nitrogens with zero attached hydrogens (tertiary/aromatic N) is 2. The zero-order valence-electron chi connectivity index (χ0n) is 29.2. The number of rotatable bonds is 20. The smallest absolute Gasteiger partial charge is 0.185 e. The molecule has 0 bridgehead atoms. The van der Waals surface area contributed by atoms with Gasteiger partial charge in [0, 0.05) is 58.2 Å². The molecule has 0 aliphatic carbocycles. The molecule has 0 amide bonds. The molecule has 270 valence electrons. The molecule has 0 unspecified atom stereocenters. The maximum Gasteiger partial charge on any atom is 0.185 e. The SMILES string of the molecule is CC(N)=NCCCOc1cc(OCCCN=C(N)N)cc(-c2ccc3sc4ccc(-c5cc(OCCCN)cc(OCCCN)c5)cc4c3c2)c1. The summed E-state index contributed by atoms with van der Waals surface area (Å²) >= 11 is 1.77. The van der Waals surface area contributed by atoms with E-state index in [1.54, 1.807) is 18.3 Å². The molecule has 0 radical (unpaired) electrons. The third-order valence-electron chi connectivity index (χ3n) is 7.93. The number of benzene rings is 4. The molecule has 1 aromatic heterocycles. The summed E-state index contributed by atoms with van der Waals surface area (Å²) in [6, 6.07) is 25.2. The van der Waals surface area contributed by atoms with Gasteiger partial charge in [-0.25, -0.2) is 0 Å². The lowest BCUT2D eigenvalue weighted by Gasteiger charge is -2.13. The molecule has 5 aromatic rings. The fourth-order valence-electron chi connectivity index (χ4n) is 5.47. The largest absolute Gasteiger partial charge is 0.493 e. The monoisotopic (exact) mass is 711 g/mol. The first kappa shape index (κ1) is 37.2. The predicted molar refractivity (Wildman–Crippen MR) is 212 cm³/mol. The molecule has 11 nitrogen and oxygen atoms in total. The number of ether oxygens (including phenoxy) is 4. The molecule has 4 aromatic carbocycles. The van der Waals surface area contributed by atoms with Crippen LogP contribution < -0.4 is 47.6 Å². The zero-order chi connectivity index (χ0) is 36.0. The van der Waals surface area contributed by atoms with E-state index in [0.29, 0.717) is 70.6 Å². The van der Waals surface area contributed by atoms with E-state index in [4.69, 9.17) is 47.6 Å². The van der Waals surface area contributed by atoms with Gasteiger partial charge in [-0.3, -0.25) is 9.98 Å². The molecule has 0 spiro atoms. The van der Waals surface area contributed by atoms with Crippen molar-refractivity contribution in [2.75, 3.05) is 52.6 Å². The maximum atomic E-state index is 6.16. The van der Waals surface area contributed by atoms with Gasteiger partial charge in [0.15, 0.2) is 5.96 Å². The molecule has 12 heteroatoms. The van der Waals surface area contributed by atoms with Crippen molar-refractivity contribution < 1.29 is 18.9 Å². The fraction of sp³-hybridized carbons (Fsp3) is 0.333. The molecule has 5 rings (SSSR count). The van der Waals surface area contributed by atoms with Crippen molar-refractivity contribution >= 4 is 43.3 Å². The van der Waals surface area contributed by atoms with Crippen LogP contribution >= 0.6 is 11.3 Å². The van der Waals surface area contributed by atoms with Crippen LogP contribution in [0.25, 0.3) is 42.4 Å². The minimum Gasteiger partial charge on any atom is -0.493 e. The molecule has 0 aliphatic heterocycles. The summed E-state index contributed by atoms with van der Waals surface area (Å²) in [6.45, 7) is 6.06. The second-order valence-electron chi connectivity index (χ2n) is 12.1. The topological polar surface area (TPSA) is 192 Å². The van der Waals surface area contributed by atoms with E-state index in [2.05, 4.69) is 58.5 Å². The number of hydrogen-bond donors (Lipinski definition) is 5. The van der Waals surface area contributed by atoms with Crippen molar-refractivity contribution in [2.24, 2.45) is 38.7 Å². The highest BCUT2D eigenvalue weighted by atomic mass is 32.1. The first-order valence-electron chi connectivity index (χ1n) is 17.3. The summed E-state index contributed by atoms with van der Waals surface area (Å²) in [6.07, 6.45) is 2.96. The number of fused-ring (bicyclic) bond motifs is 3. The van der Waals surface area contributed by atoms with E-state index < -0.39 is 0 Å². The Morgan fingerprint density at radius 2 is 0.941 bits per heavy atom. The summed E-state index contributed by atoms with van der Waals surface area (Å²) in [5, 5.41) is 2.35. The Bertz CT molecular complexity index is 1880. The van der Waals surface area contributed by atoms with Crippen molar-refractivity contribution in [1.82, 2.24) is 0 Å². The molecule has 1 heterocycles. The molecular formula is C39H49N7O4S. The van der Waals surface area contributed by atoms with Crippen LogP contribution in [-0.4, -0.2) is 64.4 Å². The number of thiophene rings is 1. The lowest BCUT2D eigenvalue weighted by molar-refractivity contribution is 0.298. The molecule has 0 aliphatic rings. The molecule has 0 atom stereocenters. The van der Waals surface area contributed by atoms with Crippen LogP contribution in [-0.2, 0) is 0 Å². The average molecular weight is 712 g/mol. The van der Waals surface area contributed by atoms with Gasteiger partial charge in [-0.15, -0.1) is 11.3 Å². The predicted octanol–water partition coefficient (Wildman–Crippen LogP) is 6.03. The van der Waals surface area contributed by atoms with Gasteiger partial charge in [0.1, 0.15) is 23.0 Å². The normalized spacial score (nSPS) is 11.5. The first-order valence-corrected chi connectivity index (χ1v) is 18.1. The number of guanidine groups is 1. The summed E-state index contributed by atoms with van der Waals surface area (Å²) < 4.78 is 26.8. The third kappa shape index (κ3) is 11.0. The number of amidine groups is 1. The van der Waals surface area contributed by atoms with Gasteiger partial charge in [-0.05, 0) is 104 Å². The van der Waals surface area contributed by atoms with Crippen LogP contribution in [0, 0.1) is 0 Å². The summed E-state index contributed by atoms with van der Waals surface area (Å²) in [5.41, 5.74) is 32.2. The van der Waals surface area contributed by atoms with Gasteiger partial charge in [-0.2, -0.15) is 0 Å². The van der Waals surface area contributed by atoms with E-state index in [1.807, 2.05) is 24.3 Å². The second kappa shape index (κ2) is 18.8. The van der Waals surface area contributed by atoms with Gasteiger partial charge in [0.25, 0.3) is 0 Å². The Labute approximate surface area is 303 Å². The molecule has 0 saturated carbocycles. The van der Waals surface area contributed by atoms with E-state index in [-0.39, 0.29) is 5.96 Å². The Kier molecular flexibility index (Phi) is 13.7. The van der Waals surface area contributed by atoms with Gasteiger partial charge in [-0.1, -0.05) is 12.1 Å². The molecule has 0 fully saturated rings. The summed E-state index contributed by atoms with van der Waals surface area (Å²) in [5.74, 6) is 3.56. The Hall–Kier alpha value is -5.04. The van der Waals surface area contributed by atoms with Crippen molar-refractivity contribution in [3.8, 4) is 45.3 Å². The van der Waals surface area contributed by atoms with Crippen molar-refractivity contribution in [2.45, 2.75) is 32.6 Å². The minimum atomic E-state index is 0.0725. The van der Waals surface area contributed by atoms with Crippen LogP contribution in [0.5, 0.6) is 23.0 Å². The highest BCUT2D eigenvalue weighted by molar-refractivity contribution is 7.25. The van der Waals surface area contributed by atoms with Crippen molar-refractivity contribution in [1.29, 1.82) is 0 Å². The van der Waals surface area contributed by atoms with Crippen molar-refractivity contribution in [3.05, 3.63) is 72.8 Å². The van der Waals surface area contributed by atoms with Crippen LogP contribution in [0.15, 0.2) is 82.8 Å². The molecular weight excluding hydrogens is 663 g/mol. The summed E-state index contributed by atoms with van der Waals surface area (Å²) in [4.78, 5) is 8.31. The number of nitrogens with two attached hydrogens (primary N) is 5. The number of aliphatic imine (C=N–C) groups is 2. The highest BCUT2D eigenvalue weighted by Gasteiger charge is 2.13. The van der Waals surface area contributed by atoms with Crippen molar-refractivity contribution in [3.63, 3.8) is 0 Å². The Morgan fingerprint density at radius 1 is 0.529 bits per heavy atom. The highest BCUT2D eigenvalue weighted by Crippen LogP contribution is 2.40. The van der Waals surface area contributed by atoms with Gasteiger partial charge in [0.05, 0.1) is 32.3 Å². The molecule has 10 N–H and O–H groups in total. The van der Waals surface area contributed by atoms with Crippen LogP contribution in [0.4, 0.5) is 0 Å². The standard InChI is InChI=1S/C39H49N7O4S/c1-26(42)45-12-4-16-49-33-20-30(21-34(25-33)50-17-5-13-46-39(43)44)28-7-9-38-36(23-28)35-22-27(6-8-37(35)51-38)29-18-31(47-14-2-10-40)24-32(19-29)48-15-3-11-41/h6-9,18-25H,2-5,10-17,40-41H2,1H3,(H2,42,45)(H4,43,44,46). The third-order valence-corrected chi connectivity index (χ3v) is 9.08. The fourth-order valence-corrected chi connectivity index (χ4v) is 6.53. The maximum absolute atomic E-state index is 6.16. The second-order valence-corrected chi connectivity index (χ2v) is 13.2. The van der Waals surface area contributed by atoms with Crippen LogP contribution in [0.2, 0.25) is 0 Å². The van der Waals surface area contributed by atoms with E-state index in [1.165, 1.54) is 20.2 Å². The van der Waals surface area contributed by atoms with E-state index >= 15 is 0 Å². The van der Waals surface area contributed by atoms with E-state index in [0.717, 1.165) is 58.8 Å². The molecule has 0 saturated heterocycles. The first-order chi connectivity index (χ1) is 24.8. The number of hydrogen-bond acceptors (Lipinski definition) is 9. The quantitative estimate of drug-likeness (QED) is 0.0364. The molecule has 51 heavy (non-hydrogen) atoms. The summed E-state index contributed by atoms with van der Waals surface area (Å²) in [7, 11) is 0. The minimum absolute atomic E-state index is 0.0725.